The van der Waals surface area contributed by atoms with Gasteiger partial charge in [0.2, 0.25) is 0 Å². The molecule has 1 heterocycles. The van der Waals surface area contributed by atoms with Gasteiger partial charge in [0.25, 0.3) is 0 Å². The zero-order chi connectivity index (χ0) is 10.4. The van der Waals surface area contributed by atoms with Gasteiger partial charge in [-0.2, -0.15) is 0 Å². The molecule has 1 aliphatic heterocycles. The van der Waals surface area contributed by atoms with Crippen molar-refractivity contribution < 1.29 is 4.74 Å². The molecule has 0 aromatic rings. The van der Waals surface area contributed by atoms with Crippen LogP contribution in [0.4, 0.5) is 0 Å². The van der Waals surface area contributed by atoms with Crippen LogP contribution in [0.5, 0.6) is 0 Å². The summed E-state index contributed by atoms with van der Waals surface area (Å²) in [7, 11) is 0. The predicted molar refractivity (Wildman–Crippen MR) is 60.6 cm³/mol. The molecule has 1 fully saturated rings. The molecule has 0 amide bonds. The number of ether oxygens (including phenoxy) is 1. The molecule has 1 aliphatic rings. The lowest BCUT2D eigenvalue weighted by Crippen LogP contribution is -2.44. The maximum atomic E-state index is 5.69. The van der Waals surface area contributed by atoms with Crippen molar-refractivity contribution in [3.8, 4) is 0 Å². The van der Waals surface area contributed by atoms with E-state index >= 15 is 0 Å². The molecular weight excluding hydrogens is 174 g/mol. The monoisotopic (exact) mass is 199 g/mol. The van der Waals surface area contributed by atoms with Crippen LogP contribution in [0.3, 0.4) is 0 Å². The van der Waals surface area contributed by atoms with Crippen LogP contribution >= 0.6 is 0 Å². The molecule has 14 heavy (non-hydrogen) atoms. The summed E-state index contributed by atoms with van der Waals surface area (Å²) < 4.78 is 5.69. The second-order valence-electron chi connectivity index (χ2n) is 5.00. The maximum absolute atomic E-state index is 5.69. The second kappa shape index (κ2) is 5.72. The minimum Gasteiger partial charge on any atom is -0.377 e. The third kappa shape index (κ3) is 4.43. The molecule has 84 valence electrons. The molecule has 2 heteroatoms. The number of hydrogen-bond donors (Lipinski definition) is 1. The summed E-state index contributed by atoms with van der Waals surface area (Å²) in [6.45, 7) is 8.77. The van der Waals surface area contributed by atoms with Crippen molar-refractivity contribution in [1.29, 1.82) is 0 Å². The number of nitrogens with one attached hydrogen (secondary N) is 1. The molecule has 1 rings (SSSR count). The van der Waals surface area contributed by atoms with Crippen LogP contribution in [0.25, 0.3) is 0 Å². The molecule has 1 atom stereocenters. The first-order chi connectivity index (χ1) is 6.64. The van der Waals surface area contributed by atoms with Gasteiger partial charge in [-0.15, -0.1) is 0 Å². The molecule has 0 bridgehead atoms. The van der Waals surface area contributed by atoms with Gasteiger partial charge >= 0.3 is 0 Å². The molecule has 1 unspecified atom stereocenters. The van der Waals surface area contributed by atoms with Crippen molar-refractivity contribution in [2.75, 3.05) is 13.2 Å². The highest BCUT2D eigenvalue weighted by Crippen LogP contribution is 2.15. The molecule has 0 aliphatic carbocycles. The van der Waals surface area contributed by atoms with E-state index < -0.39 is 0 Å². The standard InChI is InChI=1S/C12H25NO/c1-4-8-12(2,3)13-10-11-7-5-6-9-14-11/h11,13H,4-10H2,1-3H3. The average Bonchev–Trinajstić information content (AvgIpc) is 2.17. The Morgan fingerprint density at radius 2 is 2.14 bits per heavy atom. The summed E-state index contributed by atoms with van der Waals surface area (Å²) in [5, 5.41) is 3.60. The SMILES string of the molecule is CCCC(C)(C)NCC1CCCCO1. The molecule has 0 saturated carbocycles. The largest absolute Gasteiger partial charge is 0.377 e. The highest BCUT2D eigenvalue weighted by molar-refractivity contribution is 4.79. The summed E-state index contributed by atoms with van der Waals surface area (Å²) in [6.07, 6.45) is 6.75. The van der Waals surface area contributed by atoms with Crippen molar-refractivity contribution in [1.82, 2.24) is 5.32 Å². The van der Waals surface area contributed by atoms with Crippen molar-refractivity contribution in [3.05, 3.63) is 0 Å². The normalized spacial score (nSPS) is 23.8. The quantitative estimate of drug-likeness (QED) is 0.735. The Morgan fingerprint density at radius 3 is 2.71 bits per heavy atom. The fourth-order valence-corrected chi connectivity index (χ4v) is 2.07. The first kappa shape index (κ1) is 12.0. The van der Waals surface area contributed by atoms with E-state index in [1.807, 2.05) is 0 Å². The smallest absolute Gasteiger partial charge is 0.0699 e. The van der Waals surface area contributed by atoms with Gasteiger partial charge in [-0.1, -0.05) is 13.3 Å². The lowest BCUT2D eigenvalue weighted by Gasteiger charge is -2.30. The van der Waals surface area contributed by atoms with Crippen LogP contribution < -0.4 is 5.32 Å². The van der Waals surface area contributed by atoms with Gasteiger partial charge in [0, 0.05) is 18.7 Å². The Hall–Kier alpha value is -0.0800. The molecule has 1 N–H and O–H groups in total. The van der Waals surface area contributed by atoms with Crippen molar-refractivity contribution in [2.45, 2.75) is 64.5 Å². The average molecular weight is 199 g/mol. The maximum Gasteiger partial charge on any atom is 0.0699 e. The van der Waals surface area contributed by atoms with E-state index in [2.05, 4.69) is 26.1 Å². The second-order valence-corrected chi connectivity index (χ2v) is 5.00. The highest BCUT2D eigenvalue weighted by atomic mass is 16.5. The summed E-state index contributed by atoms with van der Waals surface area (Å²) in [5.41, 5.74) is 0.273. The van der Waals surface area contributed by atoms with E-state index in [0.717, 1.165) is 13.2 Å². The first-order valence-electron chi connectivity index (χ1n) is 6.01. The lowest BCUT2D eigenvalue weighted by molar-refractivity contribution is 0.0127. The summed E-state index contributed by atoms with van der Waals surface area (Å²) in [4.78, 5) is 0. The minimum absolute atomic E-state index is 0.273. The van der Waals surface area contributed by atoms with Gasteiger partial charge in [0.15, 0.2) is 0 Å². The topological polar surface area (TPSA) is 21.3 Å². The number of hydrogen-bond acceptors (Lipinski definition) is 2. The van der Waals surface area contributed by atoms with Crippen molar-refractivity contribution in [3.63, 3.8) is 0 Å². The van der Waals surface area contributed by atoms with E-state index in [0.29, 0.717) is 6.10 Å². The van der Waals surface area contributed by atoms with E-state index in [1.165, 1.54) is 32.1 Å². The van der Waals surface area contributed by atoms with Crippen LogP contribution in [0.1, 0.15) is 52.9 Å². The third-order valence-corrected chi connectivity index (χ3v) is 2.96. The molecule has 2 nitrogen and oxygen atoms in total. The van der Waals surface area contributed by atoms with Crippen molar-refractivity contribution in [2.24, 2.45) is 0 Å². The first-order valence-corrected chi connectivity index (χ1v) is 6.01. The van der Waals surface area contributed by atoms with Crippen LogP contribution in [0.2, 0.25) is 0 Å². The molecule has 0 aromatic carbocycles. The fraction of sp³-hybridized carbons (Fsp3) is 1.00. The van der Waals surface area contributed by atoms with Gasteiger partial charge in [0.05, 0.1) is 6.10 Å². The zero-order valence-corrected chi connectivity index (χ0v) is 9.94. The van der Waals surface area contributed by atoms with Gasteiger partial charge in [-0.05, 0) is 39.5 Å². The zero-order valence-electron chi connectivity index (χ0n) is 9.94. The van der Waals surface area contributed by atoms with Crippen LogP contribution in [-0.2, 0) is 4.74 Å². The minimum atomic E-state index is 0.273. The summed E-state index contributed by atoms with van der Waals surface area (Å²) in [5.74, 6) is 0. The van der Waals surface area contributed by atoms with Gasteiger partial charge in [0.1, 0.15) is 0 Å². The Kier molecular flexibility index (Phi) is 4.90. The molecule has 1 saturated heterocycles. The predicted octanol–water partition coefficient (Wildman–Crippen LogP) is 2.72. The van der Waals surface area contributed by atoms with E-state index in [-0.39, 0.29) is 5.54 Å². The Bertz CT molecular complexity index is 150. The molecule has 0 spiro atoms. The van der Waals surface area contributed by atoms with E-state index in [4.69, 9.17) is 4.74 Å². The Morgan fingerprint density at radius 1 is 1.36 bits per heavy atom. The highest BCUT2D eigenvalue weighted by Gasteiger charge is 2.19. The molecule has 0 aromatic heterocycles. The van der Waals surface area contributed by atoms with Gasteiger partial charge < -0.3 is 10.1 Å². The fourth-order valence-electron chi connectivity index (χ4n) is 2.07. The summed E-state index contributed by atoms with van der Waals surface area (Å²) in [6, 6.07) is 0. The van der Waals surface area contributed by atoms with E-state index in [1.54, 1.807) is 0 Å². The molecular formula is C12H25NO. The summed E-state index contributed by atoms with van der Waals surface area (Å²) >= 11 is 0. The molecule has 0 radical (unpaired) electrons. The van der Waals surface area contributed by atoms with Gasteiger partial charge in [-0.3, -0.25) is 0 Å². The van der Waals surface area contributed by atoms with Crippen LogP contribution in [0.15, 0.2) is 0 Å². The number of rotatable bonds is 5. The van der Waals surface area contributed by atoms with E-state index in [9.17, 15) is 0 Å². The van der Waals surface area contributed by atoms with Crippen LogP contribution in [0, 0.1) is 0 Å². The van der Waals surface area contributed by atoms with Gasteiger partial charge in [-0.25, -0.2) is 0 Å². The third-order valence-electron chi connectivity index (χ3n) is 2.96. The van der Waals surface area contributed by atoms with Crippen LogP contribution in [-0.4, -0.2) is 24.8 Å². The van der Waals surface area contributed by atoms with Crippen molar-refractivity contribution >= 4 is 0 Å². The Balaban J connectivity index is 2.17. The lowest BCUT2D eigenvalue weighted by atomic mass is 9.98. The Labute approximate surface area is 88.4 Å².